The topological polar surface area (TPSA) is 64.5 Å². The van der Waals surface area contributed by atoms with Crippen molar-refractivity contribution in [3.05, 3.63) is 65.9 Å². The summed E-state index contributed by atoms with van der Waals surface area (Å²) in [6, 6.07) is 13.2. The van der Waals surface area contributed by atoms with Crippen LogP contribution in [0.3, 0.4) is 0 Å². The lowest BCUT2D eigenvalue weighted by Gasteiger charge is -2.15. The monoisotopic (exact) mass is 457 g/mol. The first kappa shape index (κ1) is 22.6. The van der Waals surface area contributed by atoms with Crippen LogP contribution in [0.1, 0.15) is 24.1 Å². The lowest BCUT2D eigenvalue weighted by atomic mass is 10.2. The van der Waals surface area contributed by atoms with Gasteiger partial charge in [0.2, 0.25) is 11.8 Å². The molecule has 0 bridgehead atoms. The van der Waals surface area contributed by atoms with Crippen LogP contribution >= 0.6 is 0 Å². The number of ether oxygens (including phenoxy) is 2. The van der Waals surface area contributed by atoms with E-state index in [9.17, 15) is 18.0 Å². The van der Waals surface area contributed by atoms with Crippen LogP contribution in [-0.2, 0) is 11.0 Å². The first-order valence-corrected chi connectivity index (χ1v) is 10.5. The summed E-state index contributed by atoms with van der Waals surface area (Å²) in [5.41, 5.74) is 0.738. The maximum atomic E-state index is 12.7. The first-order valence-electron chi connectivity index (χ1n) is 10.5. The summed E-state index contributed by atoms with van der Waals surface area (Å²) in [5.74, 6) is 1.82. The van der Waals surface area contributed by atoms with Crippen molar-refractivity contribution in [2.24, 2.45) is 0 Å². The SMILES string of the molecule is Cc1cc(OCCN2CCCC2=O)nc(-c2ccc(Oc3ccc(C(F)(F)F)cc3)cc2)n1. The van der Waals surface area contributed by atoms with E-state index in [1.165, 1.54) is 12.1 Å². The number of carbonyl (C=O) groups is 1. The minimum atomic E-state index is -4.39. The molecule has 4 rings (SSSR count). The predicted molar refractivity (Wildman–Crippen MR) is 115 cm³/mol. The molecule has 0 radical (unpaired) electrons. The van der Waals surface area contributed by atoms with E-state index in [1.807, 2.05) is 6.92 Å². The van der Waals surface area contributed by atoms with Crippen molar-refractivity contribution in [1.29, 1.82) is 0 Å². The highest BCUT2D eigenvalue weighted by atomic mass is 19.4. The Morgan fingerprint density at radius 2 is 1.67 bits per heavy atom. The predicted octanol–water partition coefficient (Wildman–Crippen LogP) is 5.26. The van der Waals surface area contributed by atoms with Crippen LogP contribution < -0.4 is 9.47 Å². The standard InChI is InChI=1S/C24H22F3N3O3/c1-16-15-21(32-14-13-30-12-2-3-22(30)31)29-23(28-16)17-4-8-19(9-5-17)33-20-10-6-18(7-11-20)24(25,26)27/h4-11,15H,2-3,12-14H2,1H3. The molecule has 1 aliphatic rings. The number of alkyl halides is 3. The molecule has 33 heavy (non-hydrogen) atoms. The fraction of sp³-hybridized carbons (Fsp3) is 0.292. The highest BCUT2D eigenvalue weighted by Gasteiger charge is 2.30. The molecule has 1 aliphatic heterocycles. The lowest BCUT2D eigenvalue weighted by molar-refractivity contribution is -0.137. The zero-order valence-corrected chi connectivity index (χ0v) is 17.9. The maximum Gasteiger partial charge on any atom is 0.416 e. The third-order valence-corrected chi connectivity index (χ3v) is 5.14. The number of nitrogens with zero attached hydrogens (tertiary/aromatic N) is 3. The zero-order valence-electron chi connectivity index (χ0n) is 17.9. The van der Waals surface area contributed by atoms with Crippen LogP contribution in [-0.4, -0.2) is 40.5 Å². The second-order valence-electron chi connectivity index (χ2n) is 7.65. The van der Waals surface area contributed by atoms with Gasteiger partial charge in [-0.1, -0.05) is 0 Å². The van der Waals surface area contributed by atoms with Crippen LogP contribution in [0, 0.1) is 6.92 Å². The van der Waals surface area contributed by atoms with Crippen molar-refractivity contribution < 1.29 is 27.4 Å². The summed E-state index contributed by atoms with van der Waals surface area (Å²) >= 11 is 0. The molecule has 0 atom stereocenters. The molecule has 172 valence electrons. The third-order valence-electron chi connectivity index (χ3n) is 5.14. The van der Waals surface area contributed by atoms with Crippen molar-refractivity contribution in [3.8, 4) is 28.8 Å². The minimum Gasteiger partial charge on any atom is -0.476 e. The summed E-state index contributed by atoms with van der Waals surface area (Å²) in [6.07, 6.45) is -2.91. The highest BCUT2D eigenvalue weighted by molar-refractivity contribution is 5.78. The van der Waals surface area contributed by atoms with Gasteiger partial charge in [0.25, 0.3) is 0 Å². The second-order valence-corrected chi connectivity index (χ2v) is 7.65. The van der Waals surface area contributed by atoms with Gasteiger partial charge >= 0.3 is 6.18 Å². The van der Waals surface area contributed by atoms with Gasteiger partial charge in [-0.2, -0.15) is 18.2 Å². The Hall–Kier alpha value is -3.62. The van der Waals surface area contributed by atoms with Gasteiger partial charge < -0.3 is 14.4 Å². The normalized spacial score (nSPS) is 13.9. The number of aryl methyl sites for hydroxylation is 1. The van der Waals surface area contributed by atoms with Gasteiger partial charge in [-0.05, 0) is 61.9 Å². The minimum absolute atomic E-state index is 0.150. The molecule has 1 saturated heterocycles. The van der Waals surface area contributed by atoms with Crippen LogP contribution in [0.15, 0.2) is 54.6 Å². The number of carbonyl (C=O) groups excluding carboxylic acids is 1. The molecule has 1 aromatic heterocycles. The maximum absolute atomic E-state index is 12.7. The molecule has 9 heteroatoms. The van der Waals surface area contributed by atoms with E-state index in [0.29, 0.717) is 42.8 Å². The van der Waals surface area contributed by atoms with E-state index in [0.717, 1.165) is 36.4 Å². The number of likely N-dealkylation sites (tertiary alicyclic amines) is 1. The summed E-state index contributed by atoms with van der Waals surface area (Å²) < 4.78 is 49.4. The molecule has 0 spiro atoms. The number of hydrogen-bond donors (Lipinski definition) is 0. The molecule has 2 aromatic carbocycles. The Labute approximate surface area is 189 Å². The molecule has 6 nitrogen and oxygen atoms in total. The molecule has 3 aromatic rings. The summed E-state index contributed by atoms with van der Waals surface area (Å²) in [5, 5.41) is 0. The van der Waals surface area contributed by atoms with Gasteiger partial charge in [0.1, 0.15) is 18.1 Å². The number of hydrogen-bond acceptors (Lipinski definition) is 5. The number of halogens is 3. The number of aromatic nitrogens is 2. The van der Waals surface area contributed by atoms with E-state index in [2.05, 4.69) is 9.97 Å². The van der Waals surface area contributed by atoms with Crippen molar-refractivity contribution in [1.82, 2.24) is 14.9 Å². The number of amides is 1. The fourth-order valence-corrected chi connectivity index (χ4v) is 3.46. The number of rotatable bonds is 7. The molecule has 2 heterocycles. The van der Waals surface area contributed by atoms with Gasteiger partial charge in [0, 0.05) is 30.3 Å². The summed E-state index contributed by atoms with van der Waals surface area (Å²) in [4.78, 5) is 22.4. The second kappa shape index (κ2) is 9.48. The van der Waals surface area contributed by atoms with Gasteiger partial charge in [0.05, 0.1) is 12.1 Å². The molecular formula is C24H22F3N3O3. The Morgan fingerprint density at radius 3 is 2.27 bits per heavy atom. The van der Waals surface area contributed by atoms with Crippen molar-refractivity contribution >= 4 is 5.91 Å². The molecule has 1 fully saturated rings. The Balaban J connectivity index is 1.40. The van der Waals surface area contributed by atoms with Crippen LogP contribution in [0.5, 0.6) is 17.4 Å². The van der Waals surface area contributed by atoms with E-state index < -0.39 is 11.7 Å². The molecule has 0 aliphatic carbocycles. The van der Waals surface area contributed by atoms with E-state index in [-0.39, 0.29) is 5.91 Å². The molecule has 0 saturated carbocycles. The van der Waals surface area contributed by atoms with Crippen LogP contribution in [0.25, 0.3) is 11.4 Å². The molecule has 0 unspecified atom stereocenters. The van der Waals surface area contributed by atoms with Crippen LogP contribution in [0.2, 0.25) is 0 Å². The largest absolute Gasteiger partial charge is 0.476 e. The van der Waals surface area contributed by atoms with Crippen molar-refractivity contribution in [2.75, 3.05) is 19.7 Å². The highest BCUT2D eigenvalue weighted by Crippen LogP contribution is 2.32. The number of benzene rings is 2. The van der Waals surface area contributed by atoms with E-state index in [1.54, 1.807) is 35.2 Å². The first-order chi connectivity index (χ1) is 15.8. The third kappa shape index (κ3) is 5.79. The quantitative estimate of drug-likeness (QED) is 0.484. The lowest BCUT2D eigenvalue weighted by Crippen LogP contribution is -2.29. The van der Waals surface area contributed by atoms with Crippen molar-refractivity contribution in [3.63, 3.8) is 0 Å². The van der Waals surface area contributed by atoms with Crippen molar-refractivity contribution in [2.45, 2.75) is 25.9 Å². The summed E-state index contributed by atoms with van der Waals surface area (Å²) in [6.45, 7) is 3.47. The van der Waals surface area contributed by atoms with Gasteiger partial charge in [-0.25, -0.2) is 4.98 Å². The van der Waals surface area contributed by atoms with E-state index in [4.69, 9.17) is 9.47 Å². The van der Waals surface area contributed by atoms with E-state index >= 15 is 0 Å². The molecule has 1 amide bonds. The zero-order chi connectivity index (χ0) is 23.4. The fourth-order valence-electron chi connectivity index (χ4n) is 3.46. The van der Waals surface area contributed by atoms with Gasteiger partial charge in [-0.3, -0.25) is 4.79 Å². The molecule has 0 N–H and O–H groups in total. The molecular weight excluding hydrogens is 435 g/mol. The Bertz CT molecular complexity index is 1120. The Morgan fingerprint density at radius 1 is 1.00 bits per heavy atom. The summed E-state index contributed by atoms with van der Waals surface area (Å²) in [7, 11) is 0. The average Bonchev–Trinajstić information content (AvgIpc) is 3.18. The average molecular weight is 457 g/mol. The van der Waals surface area contributed by atoms with Crippen LogP contribution in [0.4, 0.5) is 13.2 Å². The Kier molecular flexibility index (Phi) is 6.48. The smallest absolute Gasteiger partial charge is 0.416 e. The van der Waals surface area contributed by atoms with Gasteiger partial charge in [0.15, 0.2) is 5.82 Å². The van der Waals surface area contributed by atoms with Gasteiger partial charge in [-0.15, -0.1) is 0 Å².